The number of para-hydroxylation sites is 1. The fourth-order valence-electron chi connectivity index (χ4n) is 1.82. The summed E-state index contributed by atoms with van der Waals surface area (Å²) in [6.07, 6.45) is 2.38. The van der Waals surface area contributed by atoms with E-state index in [1.54, 1.807) is 18.2 Å². The first-order chi connectivity index (χ1) is 10.7. The van der Waals surface area contributed by atoms with Gasteiger partial charge in [-0.05, 0) is 12.1 Å². The zero-order valence-corrected chi connectivity index (χ0v) is 11.4. The molecule has 0 fully saturated rings. The number of benzene rings is 1. The van der Waals surface area contributed by atoms with Crippen LogP contribution < -0.4 is 4.74 Å². The van der Waals surface area contributed by atoms with Gasteiger partial charge in [0.15, 0.2) is 11.6 Å². The number of ketones is 2. The average Bonchev–Trinajstić information content (AvgIpc) is 3.19. The summed E-state index contributed by atoms with van der Waals surface area (Å²) >= 11 is 0. The maximum absolute atomic E-state index is 11.8. The minimum atomic E-state index is -0.737. The van der Waals surface area contributed by atoms with Crippen molar-refractivity contribution in [1.29, 1.82) is 0 Å². The number of carbonyl (C=O) groups is 2. The summed E-state index contributed by atoms with van der Waals surface area (Å²) in [6.45, 7) is 0. The van der Waals surface area contributed by atoms with Crippen molar-refractivity contribution in [3.05, 3.63) is 60.6 Å². The third-order valence-electron chi connectivity index (χ3n) is 2.83. The molecule has 0 radical (unpaired) electrons. The van der Waals surface area contributed by atoms with Crippen molar-refractivity contribution in [3.63, 3.8) is 0 Å². The Kier molecular flexibility index (Phi) is 3.78. The molecule has 0 atom stereocenters. The minimum Gasteiger partial charge on any atom is -0.465 e. The number of hydrogen-bond donors (Lipinski definition) is 1. The van der Waals surface area contributed by atoms with Gasteiger partial charge in [-0.25, -0.2) is 4.98 Å². The largest absolute Gasteiger partial charge is 0.465 e. The number of Topliss-reactive ketones (excluding diaryl/α,β-unsaturated/α-hetero) is 2. The Morgan fingerprint density at radius 3 is 2.73 bits per heavy atom. The summed E-state index contributed by atoms with van der Waals surface area (Å²) < 4.78 is 10.8. The fraction of sp³-hybridized carbons (Fsp3) is 0.0667. The van der Waals surface area contributed by atoms with Gasteiger partial charge in [0.05, 0.1) is 6.42 Å². The van der Waals surface area contributed by atoms with E-state index in [1.165, 1.54) is 12.6 Å². The lowest BCUT2D eigenvalue weighted by Gasteiger charge is -2.00. The fourth-order valence-corrected chi connectivity index (χ4v) is 1.82. The number of H-pyrrole nitrogens is 1. The number of nitrogens with zero attached hydrogens (tertiary/aromatic N) is 2. The van der Waals surface area contributed by atoms with Crippen LogP contribution in [0.25, 0.3) is 0 Å². The van der Waals surface area contributed by atoms with Crippen LogP contribution in [-0.2, 0) is 11.2 Å². The maximum Gasteiger partial charge on any atom is 0.265 e. The normalized spacial score (nSPS) is 10.4. The number of carbonyl (C=O) groups excluding carboxylic acids is 2. The lowest BCUT2D eigenvalue weighted by molar-refractivity contribution is -0.114. The standard InChI is InChI=1S/C15H11N3O4/c19-13(14(20)15-16-9-17-18-15)7-11-6-12(8-21-11)22-10-4-2-1-3-5-10/h1-6,8-9H,7H2,(H,16,17,18). The molecule has 0 spiro atoms. The summed E-state index contributed by atoms with van der Waals surface area (Å²) in [6, 6.07) is 10.7. The predicted molar refractivity (Wildman–Crippen MR) is 74.6 cm³/mol. The van der Waals surface area contributed by atoms with E-state index in [0.29, 0.717) is 17.3 Å². The molecule has 2 aromatic heterocycles. The Hall–Kier alpha value is -3.22. The third kappa shape index (κ3) is 3.09. The predicted octanol–water partition coefficient (Wildman–Crippen LogP) is 2.18. The molecule has 2 heterocycles. The van der Waals surface area contributed by atoms with Gasteiger partial charge in [-0.1, -0.05) is 18.2 Å². The highest BCUT2D eigenvalue weighted by molar-refractivity contribution is 6.42. The zero-order valence-electron chi connectivity index (χ0n) is 11.4. The molecule has 1 N–H and O–H groups in total. The van der Waals surface area contributed by atoms with Gasteiger partial charge >= 0.3 is 0 Å². The highest BCUT2D eigenvalue weighted by atomic mass is 16.5. The zero-order chi connectivity index (χ0) is 15.4. The van der Waals surface area contributed by atoms with Gasteiger partial charge < -0.3 is 9.15 Å². The van der Waals surface area contributed by atoms with Crippen molar-refractivity contribution in [3.8, 4) is 11.5 Å². The molecule has 3 aromatic rings. The number of furan rings is 1. The summed E-state index contributed by atoms with van der Waals surface area (Å²) in [5.41, 5.74) is 0. The van der Waals surface area contributed by atoms with E-state index in [4.69, 9.17) is 9.15 Å². The minimum absolute atomic E-state index is 0.0858. The second-order valence-corrected chi connectivity index (χ2v) is 4.43. The van der Waals surface area contributed by atoms with Crippen LogP contribution in [0.15, 0.2) is 53.4 Å². The molecule has 3 rings (SSSR count). The van der Waals surface area contributed by atoms with Crippen LogP contribution in [0.3, 0.4) is 0 Å². The molecule has 7 nitrogen and oxygen atoms in total. The molecule has 0 saturated carbocycles. The van der Waals surface area contributed by atoms with Crippen molar-refractivity contribution < 1.29 is 18.7 Å². The van der Waals surface area contributed by atoms with Crippen molar-refractivity contribution >= 4 is 11.6 Å². The van der Waals surface area contributed by atoms with Gasteiger partial charge in [0.2, 0.25) is 5.78 Å². The van der Waals surface area contributed by atoms with Gasteiger partial charge in [0, 0.05) is 6.07 Å². The number of ether oxygens (including phenoxy) is 1. The second kappa shape index (κ2) is 6.04. The van der Waals surface area contributed by atoms with E-state index in [2.05, 4.69) is 15.2 Å². The van der Waals surface area contributed by atoms with Crippen molar-refractivity contribution in [2.45, 2.75) is 6.42 Å². The SMILES string of the molecule is O=C(Cc1cc(Oc2ccccc2)co1)C(=O)c1ncn[nH]1. The van der Waals surface area contributed by atoms with Gasteiger partial charge in [0.1, 0.15) is 24.1 Å². The Bertz CT molecular complexity index is 778. The summed E-state index contributed by atoms with van der Waals surface area (Å²) in [5.74, 6) is -0.0158. The van der Waals surface area contributed by atoms with E-state index in [-0.39, 0.29) is 12.2 Å². The van der Waals surface area contributed by atoms with E-state index in [1.807, 2.05) is 18.2 Å². The van der Waals surface area contributed by atoms with E-state index < -0.39 is 11.6 Å². The van der Waals surface area contributed by atoms with E-state index in [9.17, 15) is 9.59 Å². The maximum atomic E-state index is 11.8. The number of hydrogen-bond acceptors (Lipinski definition) is 6. The monoisotopic (exact) mass is 297 g/mol. The lowest BCUT2D eigenvalue weighted by atomic mass is 10.1. The van der Waals surface area contributed by atoms with Crippen molar-refractivity contribution in [1.82, 2.24) is 15.2 Å². The molecule has 0 aliphatic carbocycles. The second-order valence-electron chi connectivity index (χ2n) is 4.43. The average molecular weight is 297 g/mol. The molecule has 110 valence electrons. The topological polar surface area (TPSA) is 98.1 Å². The van der Waals surface area contributed by atoms with Crippen LogP contribution >= 0.6 is 0 Å². The highest BCUT2D eigenvalue weighted by Gasteiger charge is 2.21. The van der Waals surface area contributed by atoms with E-state index in [0.717, 1.165) is 0 Å². The lowest BCUT2D eigenvalue weighted by Crippen LogP contribution is -2.17. The van der Waals surface area contributed by atoms with Crippen molar-refractivity contribution in [2.24, 2.45) is 0 Å². The Morgan fingerprint density at radius 2 is 2.00 bits per heavy atom. The number of aromatic nitrogens is 3. The number of rotatable bonds is 6. The molecule has 0 bridgehead atoms. The first-order valence-corrected chi connectivity index (χ1v) is 6.45. The smallest absolute Gasteiger partial charge is 0.265 e. The summed E-state index contributed by atoms with van der Waals surface area (Å²) in [4.78, 5) is 27.2. The van der Waals surface area contributed by atoms with Crippen LogP contribution in [-0.4, -0.2) is 26.7 Å². The summed E-state index contributed by atoms with van der Waals surface area (Å²) in [5, 5.41) is 5.89. The molecule has 0 saturated heterocycles. The van der Waals surface area contributed by atoms with Crippen molar-refractivity contribution in [2.75, 3.05) is 0 Å². The molecule has 0 unspecified atom stereocenters. The van der Waals surface area contributed by atoms with Gasteiger partial charge in [-0.3, -0.25) is 14.7 Å². The summed E-state index contributed by atoms with van der Waals surface area (Å²) in [7, 11) is 0. The highest BCUT2D eigenvalue weighted by Crippen LogP contribution is 2.23. The van der Waals surface area contributed by atoms with E-state index >= 15 is 0 Å². The van der Waals surface area contributed by atoms with Gasteiger partial charge in [-0.15, -0.1) is 0 Å². The number of nitrogens with one attached hydrogen (secondary N) is 1. The Balaban J connectivity index is 1.64. The van der Waals surface area contributed by atoms with Gasteiger partial charge in [0.25, 0.3) is 5.78 Å². The molecule has 22 heavy (non-hydrogen) atoms. The molecular weight excluding hydrogens is 286 g/mol. The molecule has 0 amide bonds. The quantitative estimate of drug-likeness (QED) is 0.553. The Morgan fingerprint density at radius 1 is 1.18 bits per heavy atom. The number of aromatic amines is 1. The first kappa shape index (κ1) is 13.7. The van der Waals surface area contributed by atoms with Crippen LogP contribution in [0.4, 0.5) is 0 Å². The van der Waals surface area contributed by atoms with Crippen LogP contribution in [0.5, 0.6) is 11.5 Å². The molecule has 1 aromatic carbocycles. The van der Waals surface area contributed by atoms with Crippen LogP contribution in [0, 0.1) is 0 Å². The molecular formula is C15H11N3O4. The van der Waals surface area contributed by atoms with Gasteiger partial charge in [-0.2, -0.15) is 5.10 Å². The molecule has 7 heteroatoms. The molecule has 0 aliphatic heterocycles. The molecule has 0 aliphatic rings. The van der Waals surface area contributed by atoms with Crippen LogP contribution in [0.1, 0.15) is 16.4 Å². The Labute approximate surface area is 124 Å². The van der Waals surface area contributed by atoms with Crippen LogP contribution in [0.2, 0.25) is 0 Å². The first-order valence-electron chi connectivity index (χ1n) is 6.45. The third-order valence-corrected chi connectivity index (χ3v) is 2.83.